The van der Waals surface area contributed by atoms with Gasteiger partial charge in [-0.25, -0.2) is 4.79 Å². The van der Waals surface area contributed by atoms with Crippen LogP contribution in [0.15, 0.2) is 60.7 Å². The van der Waals surface area contributed by atoms with E-state index in [1.165, 1.54) is 21.8 Å². The van der Waals surface area contributed by atoms with Gasteiger partial charge in [0.25, 0.3) is 5.91 Å². The first-order valence-electron chi connectivity index (χ1n) is 9.30. The number of aromatic carboxylic acids is 1. The zero-order valence-corrected chi connectivity index (χ0v) is 16.8. The van der Waals surface area contributed by atoms with Crippen molar-refractivity contribution in [1.82, 2.24) is 0 Å². The van der Waals surface area contributed by atoms with Crippen LogP contribution in [0, 0.1) is 0 Å². The lowest BCUT2D eigenvalue weighted by Crippen LogP contribution is -2.27. The Bertz CT molecular complexity index is 961. The molecule has 144 valence electrons. The summed E-state index contributed by atoms with van der Waals surface area (Å²) < 4.78 is 0. The average molecular weight is 394 g/mol. The second-order valence-corrected chi connectivity index (χ2v) is 7.71. The molecule has 4 nitrogen and oxygen atoms in total. The van der Waals surface area contributed by atoms with Gasteiger partial charge in [0.1, 0.15) is 4.88 Å². The van der Waals surface area contributed by atoms with Crippen LogP contribution in [0.5, 0.6) is 0 Å². The monoisotopic (exact) mass is 393 g/mol. The fourth-order valence-electron chi connectivity index (χ4n) is 3.03. The van der Waals surface area contributed by atoms with Gasteiger partial charge in [-0.1, -0.05) is 55.8 Å². The molecular weight excluding hydrogens is 370 g/mol. The summed E-state index contributed by atoms with van der Waals surface area (Å²) in [5.41, 5.74) is 3.10. The van der Waals surface area contributed by atoms with Gasteiger partial charge in [0.2, 0.25) is 0 Å². The molecule has 0 aliphatic carbocycles. The third-order valence-corrected chi connectivity index (χ3v) is 5.81. The summed E-state index contributed by atoms with van der Waals surface area (Å²) in [4.78, 5) is 27.1. The Morgan fingerprint density at radius 3 is 2.32 bits per heavy atom. The van der Waals surface area contributed by atoms with E-state index in [9.17, 15) is 14.7 Å². The number of thiophene rings is 1. The second kappa shape index (κ2) is 8.85. The van der Waals surface area contributed by atoms with E-state index in [1.54, 1.807) is 13.1 Å². The number of nitrogens with zero attached hydrogens (tertiary/aromatic N) is 1. The van der Waals surface area contributed by atoms with Gasteiger partial charge in [-0.15, -0.1) is 11.3 Å². The van der Waals surface area contributed by atoms with Gasteiger partial charge in [-0.2, -0.15) is 0 Å². The minimum absolute atomic E-state index is 0.161. The molecule has 0 saturated carbocycles. The highest BCUT2D eigenvalue weighted by atomic mass is 32.1. The van der Waals surface area contributed by atoms with Crippen LogP contribution in [-0.4, -0.2) is 24.0 Å². The number of carbonyl (C=O) groups is 2. The highest BCUT2D eigenvalue weighted by Gasteiger charge is 2.23. The predicted molar refractivity (Wildman–Crippen MR) is 115 cm³/mol. The number of unbranched alkanes of at least 4 members (excludes halogenated alkanes) is 1. The first-order valence-corrected chi connectivity index (χ1v) is 10.1. The van der Waals surface area contributed by atoms with Gasteiger partial charge in [0.15, 0.2) is 0 Å². The predicted octanol–water partition coefficient (Wildman–Crippen LogP) is 5.73. The van der Waals surface area contributed by atoms with Crippen molar-refractivity contribution in [3.05, 3.63) is 76.7 Å². The summed E-state index contributed by atoms with van der Waals surface area (Å²) in [6.07, 6.45) is 3.24. The number of amides is 1. The first kappa shape index (κ1) is 19.8. The van der Waals surface area contributed by atoms with Gasteiger partial charge in [-0.05, 0) is 42.2 Å². The van der Waals surface area contributed by atoms with E-state index < -0.39 is 5.97 Å². The zero-order valence-electron chi connectivity index (χ0n) is 16.0. The van der Waals surface area contributed by atoms with E-state index in [1.807, 2.05) is 54.6 Å². The Morgan fingerprint density at radius 2 is 1.71 bits per heavy atom. The van der Waals surface area contributed by atoms with Crippen LogP contribution in [-0.2, 0) is 6.42 Å². The first-order chi connectivity index (χ1) is 13.5. The minimum atomic E-state index is -1.03. The van der Waals surface area contributed by atoms with Crippen molar-refractivity contribution in [2.24, 2.45) is 0 Å². The van der Waals surface area contributed by atoms with Crippen LogP contribution in [0.25, 0.3) is 10.4 Å². The van der Waals surface area contributed by atoms with Gasteiger partial charge >= 0.3 is 5.97 Å². The summed E-state index contributed by atoms with van der Waals surface area (Å²) in [6.45, 7) is 2.15. The fraction of sp³-hybridized carbons (Fsp3) is 0.217. The van der Waals surface area contributed by atoms with E-state index in [2.05, 4.69) is 6.92 Å². The standard InChI is InChI=1S/C23H23NO3S/c1-3-4-8-16-11-13-18(14-12-16)22(25)24(2)19-15-20(28-21(19)23(26)27)17-9-6-5-7-10-17/h5-7,9-15H,3-4,8H2,1-2H3,(H,26,27). The Balaban J connectivity index is 1.88. The molecule has 0 aliphatic rings. The molecule has 0 radical (unpaired) electrons. The Hall–Kier alpha value is -2.92. The van der Waals surface area contributed by atoms with Gasteiger partial charge in [-0.3, -0.25) is 4.79 Å². The number of benzene rings is 2. The van der Waals surface area contributed by atoms with Crippen LogP contribution in [0.1, 0.15) is 45.4 Å². The molecule has 0 saturated heterocycles. The lowest BCUT2D eigenvalue weighted by atomic mass is 10.1. The molecule has 1 aromatic heterocycles. The third-order valence-electron chi connectivity index (χ3n) is 4.65. The molecule has 5 heteroatoms. The van der Waals surface area contributed by atoms with Crippen molar-refractivity contribution >= 4 is 28.9 Å². The van der Waals surface area contributed by atoms with Gasteiger partial charge < -0.3 is 10.0 Å². The van der Waals surface area contributed by atoms with E-state index in [4.69, 9.17) is 0 Å². The summed E-state index contributed by atoms with van der Waals surface area (Å²) in [5.74, 6) is -1.25. The van der Waals surface area contributed by atoms with Crippen LogP contribution in [0.2, 0.25) is 0 Å². The lowest BCUT2D eigenvalue weighted by Gasteiger charge is -2.17. The molecule has 0 spiro atoms. The van der Waals surface area contributed by atoms with Crippen molar-refractivity contribution in [1.29, 1.82) is 0 Å². The Morgan fingerprint density at radius 1 is 1.04 bits per heavy atom. The summed E-state index contributed by atoms with van der Waals surface area (Å²) in [6, 6.07) is 18.9. The molecule has 2 aromatic carbocycles. The van der Waals surface area contributed by atoms with Crippen molar-refractivity contribution in [2.75, 3.05) is 11.9 Å². The summed E-state index contributed by atoms with van der Waals surface area (Å²) >= 11 is 1.18. The molecule has 0 atom stereocenters. The molecule has 1 N–H and O–H groups in total. The molecule has 1 amide bonds. The molecule has 28 heavy (non-hydrogen) atoms. The molecular formula is C23H23NO3S. The number of carboxylic acid groups (broad SMARTS) is 1. The number of anilines is 1. The van der Waals surface area contributed by atoms with Gasteiger partial charge in [0.05, 0.1) is 5.69 Å². The lowest BCUT2D eigenvalue weighted by molar-refractivity contribution is 0.0703. The quantitative estimate of drug-likeness (QED) is 0.557. The SMILES string of the molecule is CCCCc1ccc(C(=O)N(C)c2cc(-c3ccccc3)sc2C(=O)O)cc1. The zero-order chi connectivity index (χ0) is 20.1. The summed E-state index contributed by atoms with van der Waals surface area (Å²) in [7, 11) is 1.62. The van der Waals surface area contributed by atoms with Gasteiger partial charge in [0, 0.05) is 17.5 Å². The van der Waals surface area contributed by atoms with Crippen molar-refractivity contribution in [3.63, 3.8) is 0 Å². The fourth-order valence-corrected chi connectivity index (χ4v) is 4.06. The molecule has 0 unspecified atom stereocenters. The number of hydrogen-bond donors (Lipinski definition) is 1. The molecule has 3 aromatic rings. The number of carboxylic acids is 1. The van der Waals surface area contributed by atoms with E-state index in [0.717, 1.165) is 29.7 Å². The van der Waals surface area contributed by atoms with E-state index >= 15 is 0 Å². The summed E-state index contributed by atoms with van der Waals surface area (Å²) in [5, 5.41) is 9.62. The molecule has 0 bridgehead atoms. The van der Waals surface area contributed by atoms with Crippen molar-refractivity contribution in [3.8, 4) is 10.4 Å². The highest BCUT2D eigenvalue weighted by Crippen LogP contribution is 2.37. The third kappa shape index (κ3) is 4.31. The number of hydrogen-bond acceptors (Lipinski definition) is 3. The van der Waals surface area contributed by atoms with Crippen LogP contribution in [0.3, 0.4) is 0 Å². The average Bonchev–Trinajstić information content (AvgIpc) is 3.18. The molecule has 0 fully saturated rings. The van der Waals surface area contributed by atoms with Crippen molar-refractivity contribution < 1.29 is 14.7 Å². The maximum atomic E-state index is 12.9. The Labute approximate surface area is 169 Å². The molecule has 1 heterocycles. The molecule has 0 aliphatic heterocycles. The maximum Gasteiger partial charge on any atom is 0.348 e. The number of carbonyl (C=O) groups excluding carboxylic acids is 1. The van der Waals surface area contributed by atoms with Crippen molar-refractivity contribution in [2.45, 2.75) is 26.2 Å². The van der Waals surface area contributed by atoms with E-state index in [0.29, 0.717) is 11.3 Å². The normalized spacial score (nSPS) is 10.6. The largest absolute Gasteiger partial charge is 0.477 e. The maximum absolute atomic E-state index is 12.9. The molecule has 3 rings (SSSR count). The highest BCUT2D eigenvalue weighted by molar-refractivity contribution is 7.18. The van der Waals surface area contributed by atoms with Crippen LogP contribution >= 0.6 is 11.3 Å². The second-order valence-electron chi connectivity index (χ2n) is 6.66. The van der Waals surface area contributed by atoms with Crippen LogP contribution < -0.4 is 4.90 Å². The number of aryl methyl sites for hydroxylation is 1. The van der Waals surface area contributed by atoms with Crippen LogP contribution in [0.4, 0.5) is 5.69 Å². The van der Waals surface area contributed by atoms with E-state index in [-0.39, 0.29) is 10.8 Å². The smallest absolute Gasteiger partial charge is 0.348 e. The Kier molecular flexibility index (Phi) is 6.26. The number of rotatable bonds is 7. The minimum Gasteiger partial charge on any atom is -0.477 e. The topological polar surface area (TPSA) is 57.6 Å².